The first-order valence-corrected chi connectivity index (χ1v) is 9.61. The lowest BCUT2D eigenvalue weighted by Gasteiger charge is -2.34. The minimum atomic E-state index is -1.82. The molecule has 1 fully saturated rings. The van der Waals surface area contributed by atoms with Crippen LogP contribution in [0.25, 0.3) is 0 Å². The molecule has 160 valence electrons. The highest BCUT2D eigenvalue weighted by molar-refractivity contribution is 6.27. The van der Waals surface area contributed by atoms with Crippen molar-refractivity contribution in [3.8, 4) is 0 Å². The van der Waals surface area contributed by atoms with Gasteiger partial charge in [-0.15, -0.1) is 0 Å². The average Bonchev–Trinajstić information content (AvgIpc) is 2.75. The monoisotopic (exact) mass is 416 g/mol. The van der Waals surface area contributed by atoms with Crippen LogP contribution in [0.5, 0.6) is 0 Å². The van der Waals surface area contributed by atoms with E-state index >= 15 is 0 Å². The molecule has 0 saturated carbocycles. The second-order valence-electron chi connectivity index (χ2n) is 6.86. The Balaban J connectivity index is 0.000000469. The van der Waals surface area contributed by atoms with Crippen LogP contribution in [0.15, 0.2) is 48.5 Å². The molecule has 1 amide bonds. The summed E-state index contributed by atoms with van der Waals surface area (Å²) in [6.45, 7) is 6.12. The van der Waals surface area contributed by atoms with Crippen molar-refractivity contribution in [2.75, 3.05) is 26.2 Å². The Morgan fingerprint density at radius 2 is 1.47 bits per heavy atom. The van der Waals surface area contributed by atoms with Gasteiger partial charge in [0.05, 0.1) is 0 Å². The quantitative estimate of drug-likeness (QED) is 0.744. The molecule has 2 aromatic rings. The van der Waals surface area contributed by atoms with Gasteiger partial charge in [0.2, 0.25) is 0 Å². The summed E-state index contributed by atoms with van der Waals surface area (Å²) >= 11 is 0. The fourth-order valence-electron chi connectivity index (χ4n) is 3.05. The smallest absolute Gasteiger partial charge is 0.414 e. The number of hydrogen-bond donors (Lipinski definition) is 2. The van der Waals surface area contributed by atoms with Crippen molar-refractivity contribution in [1.82, 2.24) is 9.80 Å². The summed E-state index contributed by atoms with van der Waals surface area (Å²) in [6, 6.07) is 14.7. The second kappa shape index (κ2) is 11.1. The molecule has 1 aliphatic rings. The summed E-state index contributed by atoms with van der Waals surface area (Å²) in [4.78, 5) is 34.8. The van der Waals surface area contributed by atoms with Gasteiger partial charge in [-0.25, -0.2) is 14.0 Å². The molecule has 1 saturated heterocycles. The molecular weight excluding hydrogens is 391 g/mol. The molecule has 0 radical (unpaired) electrons. The van der Waals surface area contributed by atoms with E-state index < -0.39 is 11.9 Å². The summed E-state index contributed by atoms with van der Waals surface area (Å²) in [7, 11) is 0. The van der Waals surface area contributed by atoms with E-state index in [4.69, 9.17) is 19.8 Å². The number of piperazine rings is 1. The maximum absolute atomic E-state index is 13.3. The van der Waals surface area contributed by atoms with Crippen LogP contribution in [0.1, 0.15) is 28.4 Å². The van der Waals surface area contributed by atoms with E-state index in [9.17, 15) is 9.18 Å². The van der Waals surface area contributed by atoms with Crippen molar-refractivity contribution in [3.05, 3.63) is 71.0 Å². The maximum Gasteiger partial charge on any atom is 0.414 e. The molecule has 30 heavy (non-hydrogen) atoms. The van der Waals surface area contributed by atoms with E-state index in [1.54, 1.807) is 12.1 Å². The largest absolute Gasteiger partial charge is 0.473 e. The lowest BCUT2D eigenvalue weighted by Crippen LogP contribution is -2.48. The van der Waals surface area contributed by atoms with Gasteiger partial charge in [0, 0.05) is 38.3 Å². The number of carboxylic acids is 2. The molecule has 7 nitrogen and oxygen atoms in total. The number of hydrogen-bond acceptors (Lipinski definition) is 4. The summed E-state index contributed by atoms with van der Waals surface area (Å²) in [6.07, 6.45) is 1.06. The Labute approximate surface area is 174 Å². The van der Waals surface area contributed by atoms with E-state index in [0.717, 1.165) is 26.1 Å². The van der Waals surface area contributed by atoms with Crippen LogP contribution >= 0.6 is 0 Å². The molecule has 1 heterocycles. The molecule has 0 bridgehead atoms. The summed E-state index contributed by atoms with van der Waals surface area (Å²) in [5, 5.41) is 14.8. The molecule has 0 atom stereocenters. The molecule has 0 unspecified atom stereocenters. The van der Waals surface area contributed by atoms with Gasteiger partial charge in [0.25, 0.3) is 5.91 Å². The van der Waals surface area contributed by atoms with E-state index in [1.807, 2.05) is 4.90 Å². The number of carbonyl (C=O) groups is 3. The molecular formula is C22H25FN2O5. The van der Waals surface area contributed by atoms with Crippen LogP contribution in [0, 0.1) is 5.82 Å². The van der Waals surface area contributed by atoms with Crippen LogP contribution in [0.4, 0.5) is 4.39 Å². The number of nitrogens with zero attached hydrogens (tertiary/aromatic N) is 2. The van der Waals surface area contributed by atoms with Crippen LogP contribution in [-0.4, -0.2) is 64.0 Å². The van der Waals surface area contributed by atoms with E-state index in [0.29, 0.717) is 18.7 Å². The lowest BCUT2D eigenvalue weighted by molar-refractivity contribution is -0.159. The van der Waals surface area contributed by atoms with Crippen molar-refractivity contribution in [2.45, 2.75) is 19.9 Å². The fraction of sp³-hybridized carbons (Fsp3) is 0.318. The molecule has 0 spiro atoms. The third-order valence-electron chi connectivity index (χ3n) is 4.75. The van der Waals surface area contributed by atoms with Crippen LogP contribution in [-0.2, 0) is 22.6 Å². The molecule has 0 aliphatic carbocycles. The van der Waals surface area contributed by atoms with Crippen molar-refractivity contribution in [2.24, 2.45) is 0 Å². The van der Waals surface area contributed by atoms with E-state index in [2.05, 4.69) is 36.1 Å². The predicted octanol–water partition coefficient (Wildman–Crippen LogP) is 2.50. The Kier molecular flexibility index (Phi) is 8.49. The number of halogens is 1. The zero-order valence-corrected chi connectivity index (χ0v) is 16.8. The molecule has 2 aromatic carbocycles. The number of amides is 1. The standard InChI is InChI=1S/C20H23FN2O.C2H2O4/c1-2-16-6-8-17(9-7-16)15-22-10-12-23(13-11-22)20(24)18-4-3-5-19(21)14-18;3-1(4)2(5)6/h3-9,14H,2,10-13,15H2,1H3;(H,3,4)(H,5,6). The second-order valence-corrected chi connectivity index (χ2v) is 6.86. The number of carbonyl (C=O) groups excluding carboxylic acids is 1. The Morgan fingerprint density at radius 1 is 0.900 bits per heavy atom. The number of aryl methyl sites for hydroxylation is 1. The fourth-order valence-corrected chi connectivity index (χ4v) is 3.05. The Hall–Kier alpha value is -3.26. The van der Waals surface area contributed by atoms with Crippen molar-refractivity contribution in [1.29, 1.82) is 0 Å². The van der Waals surface area contributed by atoms with Gasteiger partial charge in [0.1, 0.15) is 5.82 Å². The van der Waals surface area contributed by atoms with Gasteiger partial charge in [-0.2, -0.15) is 0 Å². The SMILES string of the molecule is CCc1ccc(CN2CCN(C(=O)c3cccc(F)c3)CC2)cc1.O=C(O)C(=O)O. The Bertz CT molecular complexity index is 865. The van der Waals surface area contributed by atoms with Gasteiger partial charge in [-0.05, 0) is 35.7 Å². The van der Waals surface area contributed by atoms with Crippen LogP contribution in [0.3, 0.4) is 0 Å². The molecule has 2 N–H and O–H groups in total. The van der Waals surface area contributed by atoms with Gasteiger partial charge >= 0.3 is 11.9 Å². The first-order valence-electron chi connectivity index (χ1n) is 9.61. The highest BCUT2D eigenvalue weighted by Gasteiger charge is 2.22. The third-order valence-corrected chi connectivity index (χ3v) is 4.75. The van der Waals surface area contributed by atoms with Gasteiger partial charge in [-0.1, -0.05) is 37.3 Å². The zero-order valence-electron chi connectivity index (χ0n) is 16.8. The normalized spacial score (nSPS) is 13.9. The van der Waals surface area contributed by atoms with E-state index in [-0.39, 0.29) is 11.7 Å². The first kappa shape index (κ1) is 23.0. The van der Waals surface area contributed by atoms with Crippen LogP contribution < -0.4 is 0 Å². The molecule has 3 rings (SSSR count). The predicted molar refractivity (Wildman–Crippen MR) is 109 cm³/mol. The van der Waals surface area contributed by atoms with Gasteiger partial charge < -0.3 is 15.1 Å². The average molecular weight is 416 g/mol. The lowest BCUT2D eigenvalue weighted by atomic mass is 10.1. The Morgan fingerprint density at radius 3 is 1.97 bits per heavy atom. The van der Waals surface area contributed by atoms with Crippen LogP contribution in [0.2, 0.25) is 0 Å². The molecule has 1 aliphatic heterocycles. The van der Waals surface area contributed by atoms with Crippen molar-refractivity contribution in [3.63, 3.8) is 0 Å². The van der Waals surface area contributed by atoms with Crippen molar-refractivity contribution >= 4 is 17.8 Å². The molecule has 0 aromatic heterocycles. The summed E-state index contributed by atoms with van der Waals surface area (Å²) < 4.78 is 13.3. The third kappa shape index (κ3) is 6.97. The highest BCUT2D eigenvalue weighted by Crippen LogP contribution is 2.13. The van der Waals surface area contributed by atoms with Gasteiger partial charge in [-0.3, -0.25) is 9.69 Å². The number of benzene rings is 2. The maximum atomic E-state index is 13.3. The minimum absolute atomic E-state index is 0.0820. The number of carboxylic acid groups (broad SMARTS) is 2. The topological polar surface area (TPSA) is 98.2 Å². The zero-order chi connectivity index (χ0) is 22.1. The van der Waals surface area contributed by atoms with Crippen molar-refractivity contribution < 1.29 is 29.0 Å². The first-order chi connectivity index (χ1) is 14.3. The summed E-state index contributed by atoms with van der Waals surface area (Å²) in [5.41, 5.74) is 3.08. The number of rotatable bonds is 4. The van der Waals surface area contributed by atoms with E-state index in [1.165, 1.54) is 23.3 Å². The minimum Gasteiger partial charge on any atom is -0.473 e. The molecule has 8 heteroatoms. The number of aliphatic carboxylic acids is 2. The highest BCUT2D eigenvalue weighted by atomic mass is 19.1. The summed E-state index contributed by atoms with van der Waals surface area (Å²) in [5.74, 6) is -4.10. The van der Waals surface area contributed by atoms with Gasteiger partial charge in [0.15, 0.2) is 0 Å².